The Morgan fingerprint density at radius 3 is 1.80 bits per heavy atom. The molecule has 0 spiro atoms. The smallest absolute Gasteiger partial charge is 0.430 e. The van der Waals surface area contributed by atoms with Crippen molar-refractivity contribution in [1.82, 2.24) is 0 Å². The van der Waals surface area contributed by atoms with Crippen LogP contribution in [0.1, 0.15) is 6.92 Å². The van der Waals surface area contributed by atoms with Crippen LogP contribution in [0.15, 0.2) is 0 Å². The van der Waals surface area contributed by atoms with Gasteiger partial charge in [-0.25, -0.2) is 9.36 Å². The van der Waals surface area contributed by atoms with Crippen LogP contribution in [0.2, 0.25) is 0 Å². The normalized spacial score (nSPS) is 20.0. The maximum absolute atomic E-state index is 10.7. The summed E-state index contributed by atoms with van der Waals surface area (Å²) >= 11 is 0. The molecule has 1 heterocycles. The van der Waals surface area contributed by atoms with E-state index in [9.17, 15) is 9.36 Å². The average molecular weight is 242 g/mol. The molecule has 0 bridgehead atoms. The van der Waals surface area contributed by atoms with Crippen LogP contribution >= 0.6 is 7.82 Å². The van der Waals surface area contributed by atoms with Gasteiger partial charge in [0.15, 0.2) is 0 Å². The number of carbonyl (C=O) groups excluding carboxylic acids is 1. The summed E-state index contributed by atoms with van der Waals surface area (Å²) in [6.45, 7) is 2.18. The van der Waals surface area contributed by atoms with E-state index < -0.39 is 14.0 Å². The largest absolute Gasteiger partial charge is 0.508 e. The summed E-state index contributed by atoms with van der Waals surface area (Å²) in [6.07, 6.45) is -0.597. The third-order valence-electron chi connectivity index (χ3n) is 1.40. The second-order valence-corrected chi connectivity index (χ2v) is 4.47. The zero-order chi connectivity index (χ0) is 11.9. The molecule has 0 aromatic heterocycles. The number of cyclic esters (lactones) is 2. The van der Waals surface area contributed by atoms with Gasteiger partial charge in [0.25, 0.3) is 0 Å². The highest BCUT2D eigenvalue weighted by Crippen LogP contribution is 2.46. The van der Waals surface area contributed by atoms with Crippen LogP contribution in [-0.4, -0.2) is 40.2 Å². The Bertz CT molecular complexity index is 222. The molecule has 0 N–H and O–H groups in total. The second-order valence-electron chi connectivity index (χ2n) is 2.48. The predicted molar refractivity (Wildman–Crippen MR) is 50.5 cm³/mol. The minimum atomic E-state index is -3.16. The molecule has 1 fully saturated rings. The van der Waals surface area contributed by atoms with Gasteiger partial charge in [-0.05, 0) is 6.92 Å². The van der Waals surface area contributed by atoms with Crippen LogP contribution in [0.4, 0.5) is 4.79 Å². The fraction of sp³-hybridized carbons (Fsp3) is 0.857. The molecule has 0 saturated carbocycles. The van der Waals surface area contributed by atoms with Gasteiger partial charge < -0.3 is 9.47 Å². The third-order valence-corrected chi connectivity index (χ3v) is 2.75. The summed E-state index contributed by atoms with van der Waals surface area (Å²) in [7, 11) is 0.611. The summed E-state index contributed by atoms with van der Waals surface area (Å²) in [5, 5.41) is 0. The highest BCUT2D eigenvalue weighted by Gasteiger charge is 2.19. The van der Waals surface area contributed by atoms with E-state index in [0.29, 0.717) is 6.61 Å². The van der Waals surface area contributed by atoms with Gasteiger partial charge in [-0.2, -0.15) is 0 Å². The monoisotopic (exact) mass is 242 g/mol. The molecule has 0 radical (unpaired) electrons. The van der Waals surface area contributed by atoms with Gasteiger partial charge in [0.1, 0.15) is 12.7 Å². The van der Waals surface area contributed by atoms with E-state index in [1.165, 1.54) is 21.3 Å². The van der Waals surface area contributed by atoms with Crippen molar-refractivity contribution in [2.24, 2.45) is 0 Å². The van der Waals surface area contributed by atoms with Crippen molar-refractivity contribution in [3.8, 4) is 0 Å². The summed E-state index contributed by atoms with van der Waals surface area (Å²) in [6, 6.07) is 0. The number of rotatable bonds is 3. The van der Waals surface area contributed by atoms with E-state index in [2.05, 4.69) is 23.0 Å². The molecule has 1 saturated heterocycles. The first-order valence-electron chi connectivity index (χ1n) is 4.08. The highest BCUT2D eigenvalue weighted by atomic mass is 31.2. The Kier molecular flexibility index (Phi) is 6.51. The molecular weight excluding hydrogens is 227 g/mol. The first-order valence-corrected chi connectivity index (χ1v) is 5.54. The number of ether oxygens (including phenoxy) is 2. The van der Waals surface area contributed by atoms with Crippen LogP contribution in [0.3, 0.4) is 0 Å². The molecule has 1 aliphatic rings. The van der Waals surface area contributed by atoms with Crippen molar-refractivity contribution >= 4 is 14.0 Å². The number of phosphoric ester groups is 1. The lowest BCUT2D eigenvalue weighted by Gasteiger charge is -2.08. The number of phosphoric acid groups is 1. The molecule has 8 heteroatoms. The molecule has 15 heavy (non-hydrogen) atoms. The van der Waals surface area contributed by atoms with Crippen molar-refractivity contribution in [3.63, 3.8) is 0 Å². The number of hydrogen-bond acceptors (Lipinski definition) is 7. The topological polar surface area (TPSA) is 80.3 Å². The van der Waals surface area contributed by atoms with Gasteiger partial charge in [0.2, 0.25) is 0 Å². The lowest BCUT2D eigenvalue weighted by molar-refractivity contribution is 0.121. The van der Waals surface area contributed by atoms with E-state index in [0.717, 1.165) is 0 Å². The molecule has 1 atom stereocenters. The molecular formula is C7H15O7P. The number of hydrogen-bond donors (Lipinski definition) is 0. The quantitative estimate of drug-likeness (QED) is 0.548. The summed E-state index contributed by atoms with van der Waals surface area (Å²) in [4.78, 5) is 10.0. The Balaban J connectivity index is 0.000000262. The summed E-state index contributed by atoms with van der Waals surface area (Å²) in [5.74, 6) is 0. The fourth-order valence-corrected chi connectivity index (χ4v) is 1.09. The van der Waals surface area contributed by atoms with Gasteiger partial charge in [-0.15, -0.1) is 0 Å². The molecule has 0 amide bonds. The molecule has 0 aromatic rings. The Labute approximate surface area is 88.2 Å². The first kappa shape index (κ1) is 14.4. The lowest BCUT2D eigenvalue weighted by atomic mass is 10.5. The standard InChI is InChI=1S/C4H6O3.C3H9O4P/c1-3-2-6-4(5)7-3;1-5-8(4,6-2)7-3/h3H,2H2,1H3;1-3H3. The molecule has 7 nitrogen and oxygen atoms in total. The van der Waals surface area contributed by atoms with Crippen LogP contribution < -0.4 is 0 Å². The predicted octanol–water partition coefficient (Wildman–Crippen LogP) is 1.58. The van der Waals surface area contributed by atoms with Crippen molar-refractivity contribution in [1.29, 1.82) is 0 Å². The van der Waals surface area contributed by atoms with Crippen LogP contribution in [-0.2, 0) is 27.6 Å². The average Bonchev–Trinajstić information content (AvgIpc) is 2.62. The number of carbonyl (C=O) groups is 1. The van der Waals surface area contributed by atoms with Crippen LogP contribution in [0, 0.1) is 0 Å². The lowest BCUT2D eigenvalue weighted by Crippen LogP contribution is -2.01. The summed E-state index contributed by atoms with van der Waals surface area (Å²) in [5.41, 5.74) is 0. The van der Waals surface area contributed by atoms with Gasteiger partial charge in [-0.1, -0.05) is 0 Å². The fourth-order valence-electron chi connectivity index (χ4n) is 0.641. The van der Waals surface area contributed by atoms with Crippen molar-refractivity contribution in [2.45, 2.75) is 13.0 Å². The zero-order valence-electron chi connectivity index (χ0n) is 9.09. The SMILES string of the molecule is CC1COC(=O)O1.COP(=O)(OC)OC. The highest BCUT2D eigenvalue weighted by molar-refractivity contribution is 7.48. The van der Waals surface area contributed by atoms with Crippen LogP contribution in [0.5, 0.6) is 0 Å². The maximum atomic E-state index is 10.7. The molecule has 0 aliphatic carbocycles. The van der Waals surface area contributed by atoms with Crippen molar-refractivity contribution in [3.05, 3.63) is 0 Å². The minimum absolute atomic E-state index is 0.0486. The van der Waals surface area contributed by atoms with Gasteiger partial charge in [0, 0.05) is 21.3 Å². The van der Waals surface area contributed by atoms with Gasteiger partial charge in [0.05, 0.1) is 0 Å². The molecule has 0 aromatic carbocycles. The Morgan fingerprint density at radius 1 is 1.27 bits per heavy atom. The van der Waals surface area contributed by atoms with E-state index in [4.69, 9.17) is 0 Å². The van der Waals surface area contributed by atoms with E-state index in [-0.39, 0.29) is 6.10 Å². The third kappa shape index (κ3) is 5.74. The Morgan fingerprint density at radius 2 is 1.73 bits per heavy atom. The van der Waals surface area contributed by atoms with Crippen molar-refractivity contribution in [2.75, 3.05) is 27.9 Å². The minimum Gasteiger partial charge on any atom is -0.430 e. The van der Waals surface area contributed by atoms with E-state index in [1.54, 1.807) is 6.92 Å². The molecule has 90 valence electrons. The van der Waals surface area contributed by atoms with E-state index >= 15 is 0 Å². The Hall–Kier alpha value is -0.620. The molecule has 1 rings (SSSR count). The zero-order valence-corrected chi connectivity index (χ0v) is 9.98. The van der Waals surface area contributed by atoms with Gasteiger partial charge in [-0.3, -0.25) is 13.6 Å². The van der Waals surface area contributed by atoms with Gasteiger partial charge >= 0.3 is 14.0 Å². The first-order chi connectivity index (χ1) is 6.97. The summed E-state index contributed by atoms with van der Waals surface area (Å²) < 4.78 is 32.6. The maximum Gasteiger partial charge on any atom is 0.508 e. The molecule has 1 aliphatic heterocycles. The van der Waals surface area contributed by atoms with Crippen LogP contribution in [0.25, 0.3) is 0 Å². The van der Waals surface area contributed by atoms with Crippen molar-refractivity contribution < 1.29 is 32.4 Å². The van der Waals surface area contributed by atoms with E-state index in [1.807, 2.05) is 0 Å². The molecule has 1 unspecified atom stereocenters. The second kappa shape index (κ2) is 6.79.